The third kappa shape index (κ3) is 5.17. The first kappa shape index (κ1) is 21.6. The van der Waals surface area contributed by atoms with Gasteiger partial charge in [-0.3, -0.25) is 9.78 Å². The average Bonchev–Trinajstić information content (AvgIpc) is 3.32. The van der Waals surface area contributed by atoms with Crippen molar-refractivity contribution in [1.29, 1.82) is 0 Å². The maximum Gasteiger partial charge on any atom is 0.255 e. The van der Waals surface area contributed by atoms with Crippen LogP contribution in [0.1, 0.15) is 47.7 Å². The lowest BCUT2D eigenvalue weighted by atomic mass is 10.1. The minimum Gasteiger partial charge on any atom is -0.494 e. The van der Waals surface area contributed by atoms with E-state index in [0.717, 1.165) is 52.9 Å². The first-order valence-electron chi connectivity index (χ1n) is 11.2. The molecule has 4 rings (SSSR count). The molecule has 1 N–H and O–H groups in total. The van der Waals surface area contributed by atoms with E-state index in [1.807, 2.05) is 61.9 Å². The molecule has 2 aromatic heterocycles. The lowest BCUT2D eigenvalue weighted by Crippen LogP contribution is -2.13. The number of anilines is 1. The Bertz CT molecular complexity index is 1180. The molecule has 0 radical (unpaired) electrons. The number of benzene rings is 2. The number of pyridine rings is 1. The van der Waals surface area contributed by atoms with Gasteiger partial charge in [0.05, 0.1) is 12.1 Å². The molecule has 32 heavy (non-hydrogen) atoms. The molecule has 1 amide bonds. The van der Waals surface area contributed by atoms with Crippen LogP contribution in [0, 0.1) is 6.92 Å². The number of aryl methyl sites for hydroxylation is 1. The molecular formula is C27H29N3O2. The number of carbonyl (C=O) groups excluding carboxylic acids is 1. The van der Waals surface area contributed by atoms with Crippen LogP contribution in [0.5, 0.6) is 5.75 Å². The third-order valence-electron chi connectivity index (χ3n) is 5.58. The summed E-state index contributed by atoms with van der Waals surface area (Å²) in [5, 5.41) is 4.09. The second-order valence-electron chi connectivity index (χ2n) is 8.04. The van der Waals surface area contributed by atoms with Gasteiger partial charge in [-0.2, -0.15) is 0 Å². The van der Waals surface area contributed by atoms with Gasteiger partial charge in [0, 0.05) is 41.8 Å². The van der Waals surface area contributed by atoms with Crippen LogP contribution in [-0.4, -0.2) is 22.1 Å². The Hall–Kier alpha value is -3.60. The summed E-state index contributed by atoms with van der Waals surface area (Å²) in [6, 6.07) is 17.4. The summed E-state index contributed by atoms with van der Waals surface area (Å²) in [7, 11) is 0. The number of fused-ring (bicyclic) bond motifs is 1. The molecule has 2 heterocycles. The van der Waals surface area contributed by atoms with Gasteiger partial charge in [0.1, 0.15) is 5.75 Å². The van der Waals surface area contributed by atoms with E-state index in [1.54, 1.807) is 12.1 Å². The van der Waals surface area contributed by atoms with Crippen molar-refractivity contribution in [2.24, 2.45) is 0 Å². The minimum atomic E-state index is -0.144. The molecule has 0 unspecified atom stereocenters. The lowest BCUT2D eigenvalue weighted by Gasteiger charge is -2.12. The predicted molar refractivity (Wildman–Crippen MR) is 129 cm³/mol. The van der Waals surface area contributed by atoms with Crippen LogP contribution in [0.15, 0.2) is 73.2 Å². The molecule has 0 aliphatic carbocycles. The Morgan fingerprint density at radius 2 is 1.84 bits per heavy atom. The first-order valence-corrected chi connectivity index (χ1v) is 11.2. The van der Waals surface area contributed by atoms with Gasteiger partial charge in [0.25, 0.3) is 5.91 Å². The highest BCUT2D eigenvalue weighted by Crippen LogP contribution is 2.25. The summed E-state index contributed by atoms with van der Waals surface area (Å²) < 4.78 is 7.85. The smallest absolute Gasteiger partial charge is 0.255 e. The van der Waals surface area contributed by atoms with E-state index >= 15 is 0 Å². The fourth-order valence-electron chi connectivity index (χ4n) is 3.74. The molecule has 0 bridgehead atoms. The molecule has 0 saturated heterocycles. The standard InChI is InChI=1S/C27H29N3O2/c1-3-4-7-16-32-24-11-8-22(9-12-24)27(31)29-25-13-10-23-17-21(18-28-26(23)20(25)2)19-30-14-5-6-15-30/h5-6,8-15,17-18H,3-4,7,16,19H2,1-2H3,(H,29,31). The van der Waals surface area contributed by atoms with Crippen LogP contribution in [0.2, 0.25) is 0 Å². The quantitative estimate of drug-likeness (QED) is 0.323. The molecule has 5 nitrogen and oxygen atoms in total. The number of aromatic nitrogens is 2. The number of carbonyl (C=O) groups is 1. The second-order valence-corrected chi connectivity index (χ2v) is 8.04. The van der Waals surface area contributed by atoms with Gasteiger partial charge in [-0.05, 0) is 73.0 Å². The van der Waals surface area contributed by atoms with Gasteiger partial charge in [-0.15, -0.1) is 0 Å². The van der Waals surface area contributed by atoms with E-state index in [4.69, 9.17) is 4.74 Å². The second kappa shape index (κ2) is 10.1. The molecule has 0 saturated carbocycles. The predicted octanol–water partition coefficient (Wildman–Crippen LogP) is 6.21. The van der Waals surface area contributed by atoms with E-state index < -0.39 is 0 Å². The Labute approximate surface area is 189 Å². The normalized spacial score (nSPS) is 10.9. The molecular weight excluding hydrogens is 398 g/mol. The van der Waals surface area contributed by atoms with Gasteiger partial charge in [-0.25, -0.2) is 0 Å². The van der Waals surface area contributed by atoms with Gasteiger partial charge >= 0.3 is 0 Å². The fourth-order valence-corrected chi connectivity index (χ4v) is 3.74. The lowest BCUT2D eigenvalue weighted by molar-refractivity contribution is 0.102. The number of ether oxygens (including phenoxy) is 1. The van der Waals surface area contributed by atoms with E-state index in [-0.39, 0.29) is 5.91 Å². The van der Waals surface area contributed by atoms with Gasteiger partial charge in [0.15, 0.2) is 0 Å². The average molecular weight is 428 g/mol. The number of nitrogens with zero attached hydrogens (tertiary/aromatic N) is 2. The van der Waals surface area contributed by atoms with Crippen molar-refractivity contribution >= 4 is 22.5 Å². The Morgan fingerprint density at radius 3 is 2.59 bits per heavy atom. The highest BCUT2D eigenvalue weighted by Gasteiger charge is 2.11. The minimum absolute atomic E-state index is 0.144. The zero-order valence-electron chi connectivity index (χ0n) is 18.7. The molecule has 0 fully saturated rings. The summed E-state index contributed by atoms with van der Waals surface area (Å²) in [5.41, 5.74) is 4.37. The summed E-state index contributed by atoms with van der Waals surface area (Å²) in [6.07, 6.45) is 9.36. The van der Waals surface area contributed by atoms with Crippen LogP contribution >= 0.6 is 0 Å². The van der Waals surface area contributed by atoms with Crippen molar-refractivity contribution in [2.45, 2.75) is 39.7 Å². The molecule has 0 atom stereocenters. The summed E-state index contributed by atoms with van der Waals surface area (Å²) in [5.74, 6) is 0.647. The highest BCUT2D eigenvalue weighted by molar-refractivity contribution is 6.06. The first-order chi connectivity index (χ1) is 15.6. The number of unbranched alkanes of at least 4 members (excludes halogenated alkanes) is 2. The van der Waals surface area contributed by atoms with Crippen LogP contribution in [-0.2, 0) is 6.54 Å². The van der Waals surface area contributed by atoms with Crippen molar-refractivity contribution in [3.05, 3.63) is 89.9 Å². The van der Waals surface area contributed by atoms with Gasteiger partial charge in [-0.1, -0.05) is 25.8 Å². The largest absolute Gasteiger partial charge is 0.494 e. The molecule has 0 spiro atoms. The molecule has 0 aliphatic rings. The zero-order chi connectivity index (χ0) is 22.3. The van der Waals surface area contributed by atoms with Crippen molar-refractivity contribution in [3.63, 3.8) is 0 Å². The molecule has 5 heteroatoms. The van der Waals surface area contributed by atoms with E-state index in [0.29, 0.717) is 12.2 Å². The van der Waals surface area contributed by atoms with Gasteiger partial charge < -0.3 is 14.6 Å². The Morgan fingerprint density at radius 1 is 1.06 bits per heavy atom. The highest BCUT2D eigenvalue weighted by atomic mass is 16.5. The van der Waals surface area contributed by atoms with Crippen molar-refractivity contribution in [1.82, 2.24) is 9.55 Å². The zero-order valence-corrected chi connectivity index (χ0v) is 18.7. The number of hydrogen-bond acceptors (Lipinski definition) is 3. The number of rotatable bonds is 9. The topological polar surface area (TPSA) is 56.1 Å². The number of nitrogens with one attached hydrogen (secondary N) is 1. The van der Waals surface area contributed by atoms with E-state index in [9.17, 15) is 4.79 Å². The van der Waals surface area contributed by atoms with Crippen LogP contribution in [0.3, 0.4) is 0 Å². The maximum absolute atomic E-state index is 12.8. The van der Waals surface area contributed by atoms with Crippen LogP contribution < -0.4 is 10.1 Å². The van der Waals surface area contributed by atoms with Crippen LogP contribution in [0.4, 0.5) is 5.69 Å². The van der Waals surface area contributed by atoms with Crippen molar-refractivity contribution < 1.29 is 9.53 Å². The molecule has 164 valence electrons. The van der Waals surface area contributed by atoms with E-state index in [1.165, 1.54) is 6.42 Å². The monoisotopic (exact) mass is 427 g/mol. The molecule has 0 aliphatic heterocycles. The number of amides is 1. The Balaban J connectivity index is 1.44. The summed E-state index contributed by atoms with van der Waals surface area (Å²) in [4.78, 5) is 17.4. The third-order valence-corrected chi connectivity index (χ3v) is 5.58. The summed E-state index contributed by atoms with van der Waals surface area (Å²) in [6.45, 7) is 5.65. The maximum atomic E-state index is 12.8. The van der Waals surface area contributed by atoms with Crippen molar-refractivity contribution in [2.75, 3.05) is 11.9 Å². The fraction of sp³-hybridized carbons (Fsp3) is 0.259. The van der Waals surface area contributed by atoms with Crippen LogP contribution in [0.25, 0.3) is 10.9 Å². The van der Waals surface area contributed by atoms with Crippen molar-refractivity contribution in [3.8, 4) is 5.75 Å². The number of hydrogen-bond donors (Lipinski definition) is 1. The summed E-state index contributed by atoms with van der Waals surface area (Å²) >= 11 is 0. The van der Waals surface area contributed by atoms with Gasteiger partial charge in [0.2, 0.25) is 0 Å². The SMILES string of the molecule is CCCCCOc1ccc(C(=O)Nc2ccc3cc(Cn4cccc4)cnc3c2C)cc1. The Kier molecular flexibility index (Phi) is 6.85. The van der Waals surface area contributed by atoms with E-state index in [2.05, 4.69) is 27.9 Å². The molecule has 2 aromatic carbocycles. The molecule has 4 aromatic rings.